The lowest BCUT2D eigenvalue weighted by atomic mass is 9.77. The van der Waals surface area contributed by atoms with Crippen LogP contribution in [-0.4, -0.2) is 11.8 Å². The van der Waals surface area contributed by atoms with Gasteiger partial charge in [-0.25, -0.2) is 0 Å². The van der Waals surface area contributed by atoms with Crippen molar-refractivity contribution in [1.29, 1.82) is 0 Å². The first-order valence-corrected chi connectivity index (χ1v) is 7.13. The van der Waals surface area contributed by atoms with Gasteiger partial charge in [-0.1, -0.05) is 45.0 Å². The predicted molar refractivity (Wildman–Crippen MR) is 86.6 cm³/mol. The van der Waals surface area contributed by atoms with Gasteiger partial charge in [-0.3, -0.25) is 9.59 Å². The second kappa shape index (κ2) is 4.44. The fraction of sp³-hybridized carbons (Fsp3) is 0.222. The molecule has 2 aliphatic rings. The van der Waals surface area contributed by atoms with Crippen molar-refractivity contribution in [1.82, 2.24) is 0 Å². The molecule has 4 bridgehead atoms. The summed E-state index contributed by atoms with van der Waals surface area (Å²) in [6.07, 6.45) is 0. The molecule has 0 unspecified atom stereocenters. The zero-order chi connectivity index (χ0) is 16.2. The molecule has 0 saturated heterocycles. The number of primary amides is 2. The number of hydrogen-bond donors (Lipinski definition) is 2. The van der Waals surface area contributed by atoms with Crippen LogP contribution in [0.1, 0.15) is 47.1 Å². The maximum atomic E-state index is 12.1. The van der Waals surface area contributed by atoms with Gasteiger partial charge in [0.1, 0.15) is 0 Å². The topological polar surface area (TPSA) is 86.2 Å². The average molecular weight is 294 g/mol. The molecular formula is C18H18N2O2. The summed E-state index contributed by atoms with van der Waals surface area (Å²) in [6.45, 7) is 6.10. The molecule has 4 nitrogen and oxygen atoms in total. The number of benzene rings is 2. The standard InChI is InChI=1S/C18H18N2O2/c1-18(2,3)12-8-11(16(19)21)13-9-4-6-10(7-5-9)14(12)15(13)17(20)22/h4-8H,1-3H3,(H2,19,21)(H2,20,22). The molecule has 112 valence electrons. The van der Waals surface area contributed by atoms with E-state index in [1.807, 2.05) is 45.0 Å². The first-order chi connectivity index (χ1) is 10.2. The van der Waals surface area contributed by atoms with E-state index in [4.69, 9.17) is 11.5 Å². The summed E-state index contributed by atoms with van der Waals surface area (Å²) < 4.78 is 0. The highest BCUT2D eigenvalue weighted by atomic mass is 16.1. The maximum Gasteiger partial charge on any atom is 0.249 e. The molecule has 0 fully saturated rings. The molecule has 0 aliphatic heterocycles. The van der Waals surface area contributed by atoms with E-state index in [0.29, 0.717) is 16.7 Å². The van der Waals surface area contributed by atoms with E-state index in [1.165, 1.54) is 0 Å². The van der Waals surface area contributed by atoms with Crippen LogP contribution in [0.2, 0.25) is 0 Å². The van der Waals surface area contributed by atoms with Crippen LogP contribution in [-0.2, 0) is 5.41 Å². The molecule has 0 spiro atoms. The highest BCUT2D eigenvalue weighted by Gasteiger charge is 2.31. The number of amides is 2. The lowest BCUT2D eigenvalue weighted by Gasteiger charge is -2.26. The van der Waals surface area contributed by atoms with Gasteiger partial charge in [0.2, 0.25) is 11.8 Å². The fourth-order valence-corrected chi connectivity index (χ4v) is 3.12. The third-order valence-corrected chi connectivity index (χ3v) is 4.11. The van der Waals surface area contributed by atoms with Crippen LogP contribution in [0, 0.1) is 0 Å². The molecule has 4 rings (SSSR count). The first kappa shape index (κ1) is 14.3. The van der Waals surface area contributed by atoms with Gasteiger partial charge in [-0.2, -0.15) is 0 Å². The molecule has 22 heavy (non-hydrogen) atoms. The predicted octanol–water partition coefficient (Wildman–Crippen LogP) is 2.83. The molecule has 4 heteroatoms. The molecule has 2 aromatic carbocycles. The summed E-state index contributed by atoms with van der Waals surface area (Å²) in [5.41, 5.74) is 15.7. The molecule has 0 saturated carbocycles. The summed E-state index contributed by atoms with van der Waals surface area (Å²) in [5.74, 6) is -1.10. The molecule has 2 amide bonds. The smallest absolute Gasteiger partial charge is 0.249 e. The Labute approximate surface area is 129 Å². The highest BCUT2D eigenvalue weighted by molar-refractivity contribution is 6.14. The molecule has 0 heterocycles. The monoisotopic (exact) mass is 294 g/mol. The van der Waals surface area contributed by atoms with Crippen molar-refractivity contribution in [2.75, 3.05) is 0 Å². The summed E-state index contributed by atoms with van der Waals surface area (Å²) in [6, 6.07) is 9.49. The molecular weight excluding hydrogens is 276 g/mol. The van der Waals surface area contributed by atoms with Crippen molar-refractivity contribution < 1.29 is 9.59 Å². The van der Waals surface area contributed by atoms with Crippen LogP contribution in [0.25, 0.3) is 22.3 Å². The van der Waals surface area contributed by atoms with Crippen molar-refractivity contribution >= 4 is 11.8 Å². The Balaban J connectivity index is 2.59. The van der Waals surface area contributed by atoms with Crippen molar-refractivity contribution in [3.05, 3.63) is 47.0 Å². The van der Waals surface area contributed by atoms with Gasteiger partial charge in [-0.15, -0.1) is 0 Å². The van der Waals surface area contributed by atoms with Crippen molar-refractivity contribution in [2.45, 2.75) is 26.2 Å². The molecule has 2 aromatic rings. The van der Waals surface area contributed by atoms with Crippen LogP contribution in [0.15, 0.2) is 30.3 Å². The van der Waals surface area contributed by atoms with E-state index >= 15 is 0 Å². The molecule has 2 aliphatic carbocycles. The Morgan fingerprint density at radius 1 is 0.864 bits per heavy atom. The molecule has 0 radical (unpaired) electrons. The van der Waals surface area contributed by atoms with E-state index < -0.39 is 11.8 Å². The number of fused-ring (bicyclic) bond motifs is 2. The summed E-state index contributed by atoms with van der Waals surface area (Å²) in [7, 11) is 0. The van der Waals surface area contributed by atoms with Gasteiger partial charge in [0.25, 0.3) is 0 Å². The summed E-state index contributed by atoms with van der Waals surface area (Å²) in [5, 5.41) is 0. The Morgan fingerprint density at radius 2 is 1.36 bits per heavy atom. The Morgan fingerprint density at radius 3 is 1.77 bits per heavy atom. The SMILES string of the molecule is CC(C)(C)c1cc(C(N)=O)c2c(C(N)=O)c1-c1ccc-2cc1. The summed E-state index contributed by atoms with van der Waals surface area (Å²) in [4.78, 5) is 24.1. The number of rotatable bonds is 2. The number of hydrogen-bond acceptors (Lipinski definition) is 2. The van der Waals surface area contributed by atoms with Crippen molar-refractivity contribution in [3.8, 4) is 22.3 Å². The van der Waals surface area contributed by atoms with Gasteiger partial charge in [0, 0.05) is 11.1 Å². The molecule has 0 aromatic heterocycles. The lowest BCUT2D eigenvalue weighted by Crippen LogP contribution is -2.23. The van der Waals surface area contributed by atoms with Crippen LogP contribution in [0.5, 0.6) is 0 Å². The minimum atomic E-state index is -0.556. The van der Waals surface area contributed by atoms with Gasteiger partial charge in [0.15, 0.2) is 0 Å². The Hall–Kier alpha value is -2.62. The Bertz CT molecular complexity index is 812. The minimum Gasteiger partial charge on any atom is -0.366 e. The van der Waals surface area contributed by atoms with E-state index in [1.54, 1.807) is 6.07 Å². The number of nitrogens with two attached hydrogens (primary N) is 2. The van der Waals surface area contributed by atoms with E-state index in [2.05, 4.69) is 0 Å². The normalized spacial score (nSPS) is 12.1. The Kier molecular flexibility index (Phi) is 2.89. The van der Waals surface area contributed by atoms with Crippen molar-refractivity contribution in [3.63, 3.8) is 0 Å². The number of carbonyl (C=O) groups is 2. The van der Waals surface area contributed by atoms with Gasteiger partial charge >= 0.3 is 0 Å². The van der Waals surface area contributed by atoms with Gasteiger partial charge in [0.05, 0.1) is 5.56 Å². The zero-order valence-electron chi connectivity index (χ0n) is 12.9. The van der Waals surface area contributed by atoms with Gasteiger partial charge < -0.3 is 11.5 Å². The summed E-state index contributed by atoms with van der Waals surface area (Å²) >= 11 is 0. The van der Waals surface area contributed by atoms with Gasteiger partial charge in [-0.05, 0) is 33.7 Å². The van der Waals surface area contributed by atoms with Crippen LogP contribution >= 0.6 is 0 Å². The highest BCUT2D eigenvalue weighted by Crippen LogP contribution is 2.45. The third kappa shape index (κ3) is 1.91. The molecule has 0 atom stereocenters. The fourth-order valence-electron chi connectivity index (χ4n) is 3.12. The van der Waals surface area contributed by atoms with E-state index in [-0.39, 0.29) is 5.41 Å². The largest absolute Gasteiger partial charge is 0.366 e. The van der Waals surface area contributed by atoms with Crippen LogP contribution in [0.4, 0.5) is 0 Å². The van der Waals surface area contributed by atoms with Crippen LogP contribution < -0.4 is 11.5 Å². The first-order valence-electron chi connectivity index (χ1n) is 7.13. The quantitative estimate of drug-likeness (QED) is 0.761. The molecule has 4 N–H and O–H groups in total. The second-order valence-corrected chi connectivity index (χ2v) is 6.65. The zero-order valence-corrected chi connectivity index (χ0v) is 12.9. The number of carbonyl (C=O) groups excluding carboxylic acids is 2. The lowest BCUT2D eigenvalue weighted by molar-refractivity contribution is 0.0999. The van der Waals surface area contributed by atoms with Crippen molar-refractivity contribution in [2.24, 2.45) is 11.5 Å². The van der Waals surface area contributed by atoms with E-state index in [0.717, 1.165) is 22.3 Å². The average Bonchev–Trinajstić information content (AvgIpc) is 2.60. The minimum absolute atomic E-state index is 0.260. The van der Waals surface area contributed by atoms with E-state index in [9.17, 15) is 9.59 Å². The maximum absolute atomic E-state index is 12.1. The second-order valence-electron chi connectivity index (χ2n) is 6.65. The third-order valence-electron chi connectivity index (χ3n) is 4.11. The van der Waals surface area contributed by atoms with Crippen LogP contribution in [0.3, 0.4) is 0 Å².